The predicted octanol–water partition coefficient (Wildman–Crippen LogP) is 2.55. The molecule has 24 heavy (non-hydrogen) atoms. The first-order valence-electron chi connectivity index (χ1n) is 7.32. The summed E-state index contributed by atoms with van der Waals surface area (Å²) in [6.07, 6.45) is 1.82. The van der Waals surface area contributed by atoms with E-state index in [1.54, 1.807) is 30.3 Å². The van der Waals surface area contributed by atoms with Crippen LogP contribution in [0.2, 0.25) is 0 Å². The number of aryl methyl sites for hydroxylation is 1. The van der Waals surface area contributed by atoms with Crippen molar-refractivity contribution < 1.29 is 19.2 Å². The molecule has 0 saturated carbocycles. The standard InChI is InChI=1S/C18H12N2O4/c1-19-10-9-11-14(7-4-8-15(11)19)18(23)24-20-16(21)12-5-2-3-6-13(12)17(20)22/h2-10H,1H3. The van der Waals surface area contributed by atoms with E-state index in [1.807, 2.05) is 23.9 Å². The minimum atomic E-state index is -0.749. The molecule has 4 rings (SSSR count). The highest BCUT2D eigenvalue weighted by Gasteiger charge is 2.38. The van der Waals surface area contributed by atoms with E-state index in [2.05, 4.69) is 0 Å². The molecule has 6 heteroatoms. The number of hydrogen-bond donors (Lipinski definition) is 0. The minimum absolute atomic E-state index is 0.230. The van der Waals surface area contributed by atoms with E-state index < -0.39 is 17.8 Å². The van der Waals surface area contributed by atoms with Crippen molar-refractivity contribution >= 4 is 28.7 Å². The fourth-order valence-corrected chi connectivity index (χ4v) is 2.86. The van der Waals surface area contributed by atoms with Crippen LogP contribution >= 0.6 is 0 Å². The second-order valence-electron chi connectivity index (χ2n) is 5.49. The van der Waals surface area contributed by atoms with E-state index in [1.165, 1.54) is 12.1 Å². The van der Waals surface area contributed by atoms with Crippen molar-refractivity contribution in [3.05, 3.63) is 71.4 Å². The molecule has 0 radical (unpaired) electrons. The summed E-state index contributed by atoms with van der Waals surface area (Å²) >= 11 is 0. The monoisotopic (exact) mass is 320 g/mol. The van der Waals surface area contributed by atoms with Crippen molar-refractivity contribution in [2.24, 2.45) is 7.05 Å². The zero-order valence-electron chi connectivity index (χ0n) is 12.7. The second-order valence-corrected chi connectivity index (χ2v) is 5.49. The largest absolute Gasteiger partial charge is 0.364 e. The smallest absolute Gasteiger partial charge is 0.351 e. The van der Waals surface area contributed by atoms with E-state index in [0.717, 1.165) is 5.52 Å². The lowest BCUT2D eigenvalue weighted by molar-refractivity contribution is -0.0583. The zero-order valence-corrected chi connectivity index (χ0v) is 12.7. The molecule has 1 aliphatic rings. The predicted molar refractivity (Wildman–Crippen MR) is 85.3 cm³/mol. The van der Waals surface area contributed by atoms with Crippen LogP contribution in [0.3, 0.4) is 0 Å². The molecule has 2 amide bonds. The molecule has 2 heterocycles. The lowest BCUT2D eigenvalue weighted by Crippen LogP contribution is -2.32. The molecule has 0 fully saturated rings. The van der Waals surface area contributed by atoms with Crippen molar-refractivity contribution in [2.75, 3.05) is 0 Å². The van der Waals surface area contributed by atoms with Crippen LogP contribution in [0.4, 0.5) is 0 Å². The Balaban J connectivity index is 1.68. The van der Waals surface area contributed by atoms with Gasteiger partial charge in [0.25, 0.3) is 11.8 Å². The number of rotatable bonds is 2. The number of benzene rings is 2. The molecular formula is C18H12N2O4. The molecule has 0 atom stereocenters. The Morgan fingerprint density at radius 2 is 1.58 bits per heavy atom. The first kappa shape index (κ1) is 14.2. The fraction of sp³-hybridized carbons (Fsp3) is 0.0556. The molecule has 2 aromatic carbocycles. The molecular weight excluding hydrogens is 308 g/mol. The molecule has 6 nitrogen and oxygen atoms in total. The van der Waals surface area contributed by atoms with Gasteiger partial charge >= 0.3 is 5.97 Å². The average Bonchev–Trinajstić information content (AvgIpc) is 3.09. The summed E-state index contributed by atoms with van der Waals surface area (Å²) in [7, 11) is 1.86. The van der Waals surface area contributed by atoms with Crippen LogP contribution in [0.1, 0.15) is 31.1 Å². The second kappa shape index (κ2) is 5.06. The molecule has 0 unspecified atom stereocenters. The van der Waals surface area contributed by atoms with Gasteiger partial charge in [-0.3, -0.25) is 9.59 Å². The van der Waals surface area contributed by atoms with Crippen molar-refractivity contribution in [2.45, 2.75) is 0 Å². The van der Waals surface area contributed by atoms with E-state index in [0.29, 0.717) is 16.0 Å². The zero-order chi connectivity index (χ0) is 16.8. The summed E-state index contributed by atoms with van der Waals surface area (Å²) in [5, 5.41) is 1.22. The van der Waals surface area contributed by atoms with Crippen LogP contribution < -0.4 is 0 Å². The van der Waals surface area contributed by atoms with Crippen LogP contribution in [0.15, 0.2) is 54.7 Å². The number of imide groups is 1. The van der Waals surface area contributed by atoms with Gasteiger partial charge in [-0.25, -0.2) is 4.79 Å². The number of fused-ring (bicyclic) bond motifs is 2. The maximum atomic E-state index is 12.5. The third kappa shape index (κ3) is 1.93. The van der Waals surface area contributed by atoms with Gasteiger partial charge in [0.15, 0.2) is 0 Å². The molecule has 0 spiro atoms. The molecule has 0 bridgehead atoms. The first-order chi connectivity index (χ1) is 11.6. The summed E-state index contributed by atoms with van der Waals surface area (Å²) in [6, 6.07) is 13.3. The van der Waals surface area contributed by atoms with Gasteiger partial charge in [-0.15, -0.1) is 0 Å². The third-order valence-corrected chi connectivity index (χ3v) is 4.08. The van der Waals surface area contributed by atoms with Crippen molar-refractivity contribution in [1.82, 2.24) is 9.63 Å². The molecule has 0 N–H and O–H groups in total. The quantitative estimate of drug-likeness (QED) is 0.681. The van der Waals surface area contributed by atoms with E-state index in [4.69, 9.17) is 4.84 Å². The minimum Gasteiger partial charge on any atom is -0.351 e. The third-order valence-electron chi connectivity index (χ3n) is 4.08. The molecule has 0 saturated heterocycles. The van der Waals surface area contributed by atoms with E-state index in [-0.39, 0.29) is 11.1 Å². The Bertz CT molecular complexity index is 984. The maximum Gasteiger partial charge on any atom is 0.364 e. The Morgan fingerprint density at radius 3 is 2.25 bits per heavy atom. The molecule has 0 aliphatic carbocycles. The Morgan fingerprint density at radius 1 is 0.917 bits per heavy atom. The Labute approximate surface area is 136 Å². The Hall–Kier alpha value is -3.41. The average molecular weight is 320 g/mol. The molecule has 1 aromatic heterocycles. The van der Waals surface area contributed by atoms with Crippen LogP contribution in [0.25, 0.3) is 10.9 Å². The van der Waals surface area contributed by atoms with Gasteiger partial charge in [0, 0.05) is 24.1 Å². The summed E-state index contributed by atoms with van der Waals surface area (Å²) in [5.74, 6) is -2.02. The van der Waals surface area contributed by atoms with Gasteiger partial charge in [-0.1, -0.05) is 23.3 Å². The number of aromatic nitrogens is 1. The number of carbonyl (C=O) groups is 3. The van der Waals surface area contributed by atoms with E-state index in [9.17, 15) is 14.4 Å². The highest BCUT2D eigenvalue weighted by atomic mass is 16.7. The lowest BCUT2D eigenvalue weighted by atomic mass is 10.1. The summed E-state index contributed by atoms with van der Waals surface area (Å²) in [6.45, 7) is 0. The number of amides is 2. The van der Waals surface area contributed by atoms with Crippen molar-refractivity contribution in [1.29, 1.82) is 0 Å². The summed E-state index contributed by atoms with van der Waals surface area (Å²) < 4.78 is 1.87. The highest BCUT2D eigenvalue weighted by Crippen LogP contribution is 2.25. The van der Waals surface area contributed by atoms with Gasteiger partial charge in [0.05, 0.1) is 16.7 Å². The van der Waals surface area contributed by atoms with Crippen LogP contribution in [0.5, 0.6) is 0 Å². The highest BCUT2D eigenvalue weighted by molar-refractivity contribution is 6.21. The fourth-order valence-electron chi connectivity index (χ4n) is 2.86. The Kier molecular flexibility index (Phi) is 2.99. The number of carbonyl (C=O) groups excluding carboxylic acids is 3. The molecule has 118 valence electrons. The normalized spacial score (nSPS) is 13.5. The van der Waals surface area contributed by atoms with Crippen molar-refractivity contribution in [3.8, 4) is 0 Å². The molecule has 3 aromatic rings. The lowest BCUT2D eigenvalue weighted by Gasteiger charge is -2.13. The van der Waals surface area contributed by atoms with Gasteiger partial charge in [-0.05, 0) is 30.3 Å². The topological polar surface area (TPSA) is 68.6 Å². The molecule has 1 aliphatic heterocycles. The van der Waals surface area contributed by atoms with Crippen LogP contribution in [-0.4, -0.2) is 27.4 Å². The maximum absolute atomic E-state index is 12.5. The van der Waals surface area contributed by atoms with Crippen LogP contribution in [-0.2, 0) is 11.9 Å². The van der Waals surface area contributed by atoms with Gasteiger partial charge in [-0.2, -0.15) is 0 Å². The first-order valence-corrected chi connectivity index (χ1v) is 7.32. The van der Waals surface area contributed by atoms with Gasteiger partial charge in [0.2, 0.25) is 0 Å². The number of hydroxylamine groups is 2. The van der Waals surface area contributed by atoms with Gasteiger partial charge in [0.1, 0.15) is 0 Å². The summed E-state index contributed by atoms with van der Waals surface area (Å²) in [4.78, 5) is 42.1. The summed E-state index contributed by atoms with van der Waals surface area (Å²) in [5.41, 5.74) is 1.61. The number of hydrogen-bond acceptors (Lipinski definition) is 4. The van der Waals surface area contributed by atoms with E-state index >= 15 is 0 Å². The van der Waals surface area contributed by atoms with Crippen molar-refractivity contribution in [3.63, 3.8) is 0 Å². The SMILES string of the molecule is Cn1ccc2c(C(=O)ON3C(=O)c4ccccc4C3=O)cccc21. The number of nitrogens with zero attached hydrogens (tertiary/aromatic N) is 2. The van der Waals surface area contributed by atoms with Gasteiger partial charge < -0.3 is 9.40 Å². The van der Waals surface area contributed by atoms with Crippen LogP contribution in [0, 0.1) is 0 Å².